The molecule has 5 rings (SSSR count). The van der Waals surface area contributed by atoms with Crippen molar-refractivity contribution in [2.45, 2.75) is 32.4 Å². The average molecular weight is 517 g/mol. The molecule has 0 unspecified atom stereocenters. The van der Waals surface area contributed by atoms with E-state index in [2.05, 4.69) is 66.3 Å². The highest BCUT2D eigenvalue weighted by atomic mass is 16.3. The van der Waals surface area contributed by atoms with E-state index >= 15 is 0 Å². The minimum absolute atomic E-state index is 0.158. The van der Waals surface area contributed by atoms with Crippen molar-refractivity contribution in [1.82, 2.24) is 25.2 Å². The summed E-state index contributed by atoms with van der Waals surface area (Å²) < 4.78 is 0. The highest BCUT2D eigenvalue weighted by Crippen LogP contribution is 2.30. The maximum atomic E-state index is 12.4. The number of rotatable bonds is 6. The van der Waals surface area contributed by atoms with Crippen LogP contribution >= 0.6 is 0 Å². The number of carbonyl (C=O) groups excluding carboxylic acids is 1. The van der Waals surface area contributed by atoms with Crippen LogP contribution in [-0.2, 0) is 13.0 Å². The van der Waals surface area contributed by atoms with Gasteiger partial charge in [0.1, 0.15) is 17.3 Å². The van der Waals surface area contributed by atoms with E-state index in [1.807, 2.05) is 6.07 Å². The van der Waals surface area contributed by atoms with E-state index < -0.39 is 5.60 Å². The molecule has 1 saturated heterocycles. The predicted molar refractivity (Wildman–Crippen MR) is 149 cm³/mol. The van der Waals surface area contributed by atoms with Crippen LogP contribution in [0.25, 0.3) is 11.1 Å². The molecule has 2 aliphatic heterocycles. The van der Waals surface area contributed by atoms with E-state index in [9.17, 15) is 9.90 Å². The molecule has 0 saturated carbocycles. The fourth-order valence-corrected chi connectivity index (χ4v) is 4.82. The smallest absolute Gasteiger partial charge is 0.269 e. The summed E-state index contributed by atoms with van der Waals surface area (Å²) in [7, 11) is 2.14. The van der Waals surface area contributed by atoms with E-state index in [0.29, 0.717) is 11.6 Å². The molecule has 1 fully saturated rings. The van der Waals surface area contributed by atoms with Crippen molar-refractivity contribution < 1.29 is 9.90 Å². The Kier molecular flexibility index (Phi) is 7.18. The molecule has 10 heteroatoms. The number of aromatic nitrogens is 3. The second-order valence-corrected chi connectivity index (χ2v) is 10.8. The van der Waals surface area contributed by atoms with Crippen molar-refractivity contribution in [1.29, 1.82) is 0 Å². The van der Waals surface area contributed by atoms with Crippen LogP contribution in [0.4, 0.5) is 17.6 Å². The summed E-state index contributed by atoms with van der Waals surface area (Å²) >= 11 is 0. The quantitative estimate of drug-likeness (QED) is 0.451. The van der Waals surface area contributed by atoms with Crippen LogP contribution in [-0.4, -0.2) is 82.8 Å². The highest BCUT2D eigenvalue weighted by molar-refractivity contribution is 5.92. The van der Waals surface area contributed by atoms with Crippen LogP contribution in [0.3, 0.4) is 0 Å². The standard InChI is InChI=1S/C28H36N8O2/c1-28(2,38)18-31-26(37)23-7-6-21(16-30-23)20-5-4-19-8-9-36(17-22(19)14-20)25-15-24(32-27(29)33-25)35-12-10-34(3)11-13-35/h4-7,14-16,38H,8-13,17-18H2,1-3H3,(H,31,37)(H2,29,32,33). The summed E-state index contributed by atoms with van der Waals surface area (Å²) in [5, 5.41) is 12.5. The molecule has 4 heterocycles. The van der Waals surface area contributed by atoms with Crippen LogP contribution in [0.5, 0.6) is 0 Å². The largest absolute Gasteiger partial charge is 0.389 e. The number of nitrogen functional groups attached to an aromatic ring is 1. The Morgan fingerprint density at radius 2 is 1.68 bits per heavy atom. The summed E-state index contributed by atoms with van der Waals surface area (Å²) in [5.74, 6) is 1.73. The van der Waals surface area contributed by atoms with Gasteiger partial charge in [-0.1, -0.05) is 18.2 Å². The van der Waals surface area contributed by atoms with Gasteiger partial charge in [0, 0.05) is 63.6 Å². The maximum Gasteiger partial charge on any atom is 0.269 e. The van der Waals surface area contributed by atoms with Gasteiger partial charge < -0.3 is 30.9 Å². The van der Waals surface area contributed by atoms with Crippen molar-refractivity contribution in [2.24, 2.45) is 0 Å². The summed E-state index contributed by atoms with van der Waals surface area (Å²) in [6.45, 7) is 8.89. The molecule has 200 valence electrons. The van der Waals surface area contributed by atoms with Crippen molar-refractivity contribution >= 4 is 23.5 Å². The number of pyridine rings is 1. The first-order valence-electron chi connectivity index (χ1n) is 13.1. The number of nitrogens with one attached hydrogen (secondary N) is 1. The molecule has 2 aliphatic rings. The first kappa shape index (κ1) is 25.9. The lowest BCUT2D eigenvalue weighted by molar-refractivity contribution is 0.0692. The Morgan fingerprint density at radius 3 is 2.37 bits per heavy atom. The number of piperazine rings is 1. The third-order valence-corrected chi connectivity index (χ3v) is 7.10. The van der Waals surface area contributed by atoms with Gasteiger partial charge in [-0.3, -0.25) is 9.78 Å². The third-order valence-electron chi connectivity index (χ3n) is 7.10. The molecule has 4 N–H and O–H groups in total. The fourth-order valence-electron chi connectivity index (χ4n) is 4.82. The Hall–Kier alpha value is -3.76. The number of hydrogen-bond acceptors (Lipinski definition) is 9. The van der Waals surface area contributed by atoms with Gasteiger partial charge in [-0.15, -0.1) is 0 Å². The molecule has 1 amide bonds. The normalized spacial score (nSPS) is 16.3. The van der Waals surface area contributed by atoms with E-state index in [0.717, 1.165) is 68.5 Å². The summed E-state index contributed by atoms with van der Waals surface area (Å²) in [4.78, 5) is 32.6. The van der Waals surface area contributed by atoms with Crippen LogP contribution in [0.2, 0.25) is 0 Å². The number of carbonyl (C=O) groups is 1. The second-order valence-electron chi connectivity index (χ2n) is 10.8. The summed E-state index contributed by atoms with van der Waals surface area (Å²) in [5.41, 5.74) is 10.0. The number of aliphatic hydroxyl groups is 1. The molecular weight excluding hydrogens is 480 g/mol. The second kappa shape index (κ2) is 10.5. The lowest BCUT2D eigenvalue weighted by Gasteiger charge is -2.34. The van der Waals surface area contributed by atoms with Crippen LogP contribution in [0.15, 0.2) is 42.6 Å². The molecule has 10 nitrogen and oxygen atoms in total. The van der Waals surface area contributed by atoms with E-state index in [4.69, 9.17) is 5.73 Å². The van der Waals surface area contributed by atoms with Crippen LogP contribution in [0, 0.1) is 0 Å². The van der Waals surface area contributed by atoms with Gasteiger partial charge in [0.2, 0.25) is 5.95 Å². The minimum atomic E-state index is -0.976. The first-order chi connectivity index (χ1) is 18.1. The van der Waals surface area contributed by atoms with E-state index in [-0.39, 0.29) is 12.5 Å². The van der Waals surface area contributed by atoms with Crippen LogP contribution in [0.1, 0.15) is 35.5 Å². The van der Waals surface area contributed by atoms with Gasteiger partial charge in [0.05, 0.1) is 5.60 Å². The zero-order valence-electron chi connectivity index (χ0n) is 22.3. The highest BCUT2D eigenvalue weighted by Gasteiger charge is 2.22. The number of benzene rings is 1. The van der Waals surface area contributed by atoms with Gasteiger partial charge in [0.25, 0.3) is 5.91 Å². The Labute approximate surface area is 223 Å². The zero-order chi connectivity index (χ0) is 26.9. The van der Waals surface area contributed by atoms with Gasteiger partial charge in [0.15, 0.2) is 0 Å². The van der Waals surface area contributed by atoms with Crippen molar-refractivity contribution in [2.75, 3.05) is 61.8 Å². The zero-order valence-corrected chi connectivity index (χ0v) is 22.3. The number of hydrogen-bond donors (Lipinski definition) is 3. The minimum Gasteiger partial charge on any atom is -0.389 e. The number of nitrogens with zero attached hydrogens (tertiary/aromatic N) is 6. The van der Waals surface area contributed by atoms with Crippen molar-refractivity contribution in [3.8, 4) is 11.1 Å². The summed E-state index contributed by atoms with van der Waals surface area (Å²) in [6, 6.07) is 12.1. The first-order valence-corrected chi connectivity index (χ1v) is 13.1. The Bertz CT molecular complexity index is 1300. The number of fused-ring (bicyclic) bond motifs is 1. The van der Waals surface area contributed by atoms with Gasteiger partial charge in [-0.25, -0.2) is 0 Å². The maximum absolute atomic E-state index is 12.4. The SMILES string of the molecule is CN1CCN(c2cc(N3CCc4ccc(-c5ccc(C(=O)NCC(C)(C)O)nc5)cc4C3)nc(N)n2)CC1. The monoisotopic (exact) mass is 516 g/mol. The predicted octanol–water partition coefficient (Wildman–Crippen LogP) is 1.94. The molecule has 3 aromatic rings. The third kappa shape index (κ3) is 6.03. The molecule has 0 radical (unpaired) electrons. The number of nitrogens with two attached hydrogens (primary N) is 1. The van der Waals surface area contributed by atoms with Crippen molar-refractivity contribution in [3.05, 3.63) is 59.4 Å². The molecule has 38 heavy (non-hydrogen) atoms. The van der Waals surface area contributed by atoms with Crippen molar-refractivity contribution in [3.63, 3.8) is 0 Å². The molecule has 0 atom stereocenters. The van der Waals surface area contributed by atoms with E-state index in [1.165, 1.54) is 11.1 Å². The molecule has 0 bridgehead atoms. The number of likely N-dealkylation sites (N-methyl/N-ethyl adjacent to an activating group) is 1. The van der Waals surface area contributed by atoms with Crippen LogP contribution < -0.4 is 20.9 Å². The Morgan fingerprint density at radius 1 is 0.974 bits per heavy atom. The van der Waals surface area contributed by atoms with Gasteiger partial charge in [-0.2, -0.15) is 9.97 Å². The Balaban J connectivity index is 1.31. The van der Waals surface area contributed by atoms with Gasteiger partial charge >= 0.3 is 0 Å². The number of amides is 1. The summed E-state index contributed by atoms with van der Waals surface area (Å²) in [6.07, 6.45) is 2.64. The molecule has 0 aliphatic carbocycles. The lowest BCUT2D eigenvalue weighted by Crippen LogP contribution is -2.45. The molecule has 2 aromatic heterocycles. The van der Waals surface area contributed by atoms with Gasteiger partial charge in [-0.05, 0) is 56.1 Å². The fraction of sp³-hybridized carbons (Fsp3) is 0.429. The lowest BCUT2D eigenvalue weighted by atomic mass is 9.95. The van der Waals surface area contributed by atoms with E-state index in [1.54, 1.807) is 26.1 Å². The molecule has 1 aromatic carbocycles. The topological polar surface area (TPSA) is 124 Å². The molecular formula is C28H36N8O2. The average Bonchev–Trinajstić information content (AvgIpc) is 2.91. The molecule has 0 spiro atoms. The number of anilines is 3.